The van der Waals surface area contributed by atoms with Gasteiger partial charge in [0.15, 0.2) is 0 Å². The molecule has 21 heavy (non-hydrogen) atoms. The molecule has 2 aliphatic rings. The van der Waals surface area contributed by atoms with Gasteiger partial charge in [-0.15, -0.1) is 0 Å². The molecule has 1 heterocycles. The van der Waals surface area contributed by atoms with Crippen molar-refractivity contribution in [3.63, 3.8) is 0 Å². The van der Waals surface area contributed by atoms with Crippen LogP contribution < -0.4 is 5.32 Å². The fraction of sp³-hybridized carbons (Fsp3) is 0.938. The normalized spacial score (nSPS) is 22.5. The summed E-state index contributed by atoms with van der Waals surface area (Å²) in [5.41, 5.74) is 0. The molecule has 0 spiro atoms. The molecule has 1 saturated carbocycles. The lowest BCUT2D eigenvalue weighted by Gasteiger charge is -2.35. The molecule has 0 amide bonds. The Bertz CT molecular complexity index is 325. The van der Waals surface area contributed by atoms with Crippen molar-refractivity contribution in [2.24, 2.45) is 0 Å². The zero-order valence-electron chi connectivity index (χ0n) is 13.8. The lowest BCUT2D eigenvalue weighted by molar-refractivity contribution is -0.146. The molecule has 2 fully saturated rings. The van der Waals surface area contributed by atoms with Gasteiger partial charge in [-0.25, -0.2) is 0 Å². The molecule has 1 unspecified atom stereocenters. The first kappa shape index (κ1) is 16.7. The van der Waals surface area contributed by atoms with E-state index in [0.717, 1.165) is 13.0 Å². The second-order valence-electron chi connectivity index (χ2n) is 6.55. The molecule has 1 atom stereocenters. The number of piperidine rings is 1. The van der Waals surface area contributed by atoms with Crippen molar-refractivity contribution in [3.05, 3.63) is 0 Å². The number of ether oxygens (including phenoxy) is 1. The molecule has 5 nitrogen and oxygen atoms in total. The van der Waals surface area contributed by atoms with Gasteiger partial charge in [0.05, 0.1) is 6.61 Å². The standard InChI is InChI=1S/C16H31N3O2/c1-4-21-16(20)15(17-13-5-6-13)9-12-19(3)14-7-10-18(2)11-8-14/h13-15,17H,4-12H2,1-3H3. The Balaban J connectivity index is 1.75. The summed E-state index contributed by atoms with van der Waals surface area (Å²) in [5, 5.41) is 3.43. The van der Waals surface area contributed by atoms with Gasteiger partial charge in [0.2, 0.25) is 0 Å². The number of nitrogens with zero attached hydrogens (tertiary/aromatic N) is 2. The lowest BCUT2D eigenvalue weighted by atomic mass is 10.0. The van der Waals surface area contributed by atoms with Gasteiger partial charge in [0, 0.05) is 18.6 Å². The van der Waals surface area contributed by atoms with Crippen molar-refractivity contribution in [2.75, 3.05) is 40.3 Å². The fourth-order valence-corrected chi connectivity index (χ4v) is 3.00. The maximum Gasteiger partial charge on any atom is 0.323 e. The first-order valence-corrected chi connectivity index (χ1v) is 8.41. The van der Waals surface area contributed by atoms with Crippen LogP contribution in [0.2, 0.25) is 0 Å². The summed E-state index contributed by atoms with van der Waals surface area (Å²) in [4.78, 5) is 16.8. The Hall–Kier alpha value is -0.650. The largest absolute Gasteiger partial charge is 0.465 e. The van der Waals surface area contributed by atoms with Crippen molar-refractivity contribution in [1.82, 2.24) is 15.1 Å². The highest BCUT2D eigenvalue weighted by Crippen LogP contribution is 2.21. The SMILES string of the molecule is CCOC(=O)C(CCN(C)C1CCN(C)CC1)NC1CC1. The number of carbonyl (C=O) groups is 1. The van der Waals surface area contributed by atoms with E-state index in [1.54, 1.807) is 0 Å². The summed E-state index contributed by atoms with van der Waals surface area (Å²) in [7, 11) is 4.38. The number of nitrogens with one attached hydrogen (secondary N) is 1. The minimum absolute atomic E-state index is 0.0822. The van der Waals surface area contributed by atoms with Crippen LogP contribution in [0.1, 0.15) is 39.0 Å². The highest BCUT2D eigenvalue weighted by Gasteiger charge is 2.30. The Kier molecular flexibility index (Phi) is 6.45. The predicted octanol–water partition coefficient (Wildman–Crippen LogP) is 1.09. The van der Waals surface area contributed by atoms with Gasteiger partial charge < -0.3 is 19.9 Å². The third kappa shape index (κ3) is 5.57. The van der Waals surface area contributed by atoms with E-state index in [1.807, 2.05) is 6.92 Å². The lowest BCUT2D eigenvalue weighted by Crippen LogP contribution is -2.45. The average Bonchev–Trinajstić information content (AvgIpc) is 3.28. The number of hydrogen-bond donors (Lipinski definition) is 1. The second kappa shape index (κ2) is 8.11. The molecule has 0 radical (unpaired) electrons. The summed E-state index contributed by atoms with van der Waals surface area (Å²) in [5.74, 6) is -0.0822. The van der Waals surface area contributed by atoms with Crippen LogP contribution in [0.5, 0.6) is 0 Å². The van der Waals surface area contributed by atoms with Crippen LogP contribution >= 0.6 is 0 Å². The van der Waals surface area contributed by atoms with Crippen LogP contribution in [0, 0.1) is 0 Å². The van der Waals surface area contributed by atoms with Crippen LogP contribution in [0.3, 0.4) is 0 Å². The van der Waals surface area contributed by atoms with E-state index < -0.39 is 0 Å². The van der Waals surface area contributed by atoms with Crippen molar-refractivity contribution in [1.29, 1.82) is 0 Å². The van der Waals surface area contributed by atoms with E-state index in [4.69, 9.17) is 4.74 Å². The highest BCUT2D eigenvalue weighted by molar-refractivity contribution is 5.75. The van der Waals surface area contributed by atoms with E-state index in [0.29, 0.717) is 18.7 Å². The quantitative estimate of drug-likeness (QED) is 0.679. The number of esters is 1. The zero-order valence-corrected chi connectivity index (χ0v) is 13.8. The molecule has 5 heteroatoms. The first-order chi connectivity index (χ1) is 10.1. The molecule has 1 aliphatic carbocycles. The summed E-state index contributed by atoms with van der Waals surface area (Å²) in [6.07, 6.45) is 5.69. The van der Waals surface area contributed by atoms with Gasteiger partial charge in [0.25, 0.3) is 0 Å². The number of hydrogen-bond acceptors (Lipinski definition) is 5. The second-order valence-corrected chi connectivity index (χ2v) is 6.55. The summed E-state index contributed by atoms with van der Waals surface area (Å²) >= 11 is 0. The van der Waals surface area contributed by atoms with Crippen molar-refractivity contribution in [3.8, 4) is 0 Å². The summed E-state index contributed by atoms with van der Waals surface area (Å²) in [6, 6.07) is 1.06. The molecular formula is C16H31N3O2. The first-order valence-electron chi connectivity index (χ1n) is 8.41. The molecule has 1 N–H and O–H groups in total. The Morgan fingerprint density at radius 3 is 2.57 bits per heavy atom. The minimum atomic E-state index is -0.133. The smallest absolute Gasteiger partial charge is 0.323 e. The zero-order chi connectivity index (χ0) is 15.2. The molecule has 0 bridgehead atoms. The molecule has 0 aromatic rings. The molecular weight excluding hydrogens is 266 g/mol. The van der Waals surface area contributed by atoms with Gasteiger partial charge in [-0.3, -0.25) is 4.79 Å². The number of carbonyl (C=O) groups excluding carboxylic acids is 1. The van der Waals surface area contributed by atoms with Crippen LogP contribution in [0.25, 0.3) is 0 Å². The molecule has 122 valence electrons. The Morgan fingerprint density at radius 1 is 1.33 bits per heavy atom. The fourth-order valence-electron chi connectivity index (χ4n) is 3.00. The number of rotatable bonds is 8. The maximum absolute atomic E-state index is 12.0. The van der Waals surface area contributed by atoms with Gasteiger partial charge in [-0.05, 0) is 66.2 Å². The Labute approximate surface area is 129 Å². The third-order valence-corrected chi connectivity index (χ3v) is 4.67. The maximum atomic E-state index is 12.0. The minimum Gasteiger partial charge on any atom is -0.465 e. The summed E-state index contributed by atoms with van der Waals surface area (Å²) < 4.78 is 5.20. The molecule has 2 rings (SSSR count). The van der Waals surface area contributed by atoms with E-state index in [2.05, 4.69) is 29.2 Å². The van der Waals surface area contributed by atoms with Crippen LogP contribution in [0.15, 0.2) is 0 Å². The summed E-state index contributed by atoms with van der Waals surface area (Å²) in [6.45, 7) is 5.65. The van der Waals surface area contributed by atoms with Crippen LogP contribution in [-0.4, -0.2) is 74.2 Å². The van der Waals surface area contributed by atoms with Crippen LogP contribution in [0.4, 0.5) is 0 Å². The predicted molar refractivity (Wildman–Crippen MR) is 84.3 cm³/mol. The van der Waals surface area contributed by atoms with Crippen LogP contribution in [-0.2, 0) is 9.53 Å². The van der Waals surface area contributed by atoms with Crippen molar-refractivity contribution >= 4 is 5.97 Å². The molecule has 0 aromatic carbocycles. The van der Waals surface area contributed by atoms with Gasteiger partial charge in [0.1, 0.15) is 6.04 Å². The molecule has 1 aliphatic heterocycles. The van der Waals surface area contributed by atoms with E-state index in [1.165, 1.54) is 38.8 Å². The average molecular weight is 297 g/mol. The third-order valence-electron chi connectivity index (χ3n) is 4.67. The van der Waals surface area contributed by atoms with E-state index >= 15 is 0 Å². The number of likely N-dealkylation sites (tertiary alicyclic amines) is 1. The highest BCUT2D eigenvalue weighted by atomic mass is 16.5. The molecule has 0 aromatic heterocycles. The van der Waals surface area contributed by atoms with Crippen molar-refractivity contribution < 1.29 is 9.53 Å². The Morgan fingerprint density at radius 2 is 2.00 bits per heavy atom. The van der Waals surface area contributed by atoms with Gasteiger partial charge in [-0.2, -0.15) is 0 Å². The van der Waals surface area contributed by atoms with E-state index in [-0.39, 0.29) is 12.0 Å². The van der Waals surface area contributed by atoms with E-state index in [9.17, 15) is 4.79 Å². The topological polar surface area (TPSA) is 44.8 Å². The van der Waals surface area contributed by atoms with Gasteiger partial charge >= 0.3 is 5.97 Å². The monoisotopic (exact) mass is 297 g/mol. The molecule has 1 saturated heterocycles. The van der Waals surface area contributed by atoms with Crippen molar-refractivity contribution in [2.45, 2.75) is 57.2 Å². The van der Waals surface area contributed by atoms with Gasteiger partial charge in [-0.1, -0.05) is 0 Å².